The summed E-state index contributed by atoms with van der Waals surface area (Å²) in [5, 5.41) is 11.6. The van der Waals surface area contributed by atoms with Gasteiger partial charge in [-0.2, -0.15) is 0 Å². The van der Waals surface area contributed by atoms with Gasteiger partial charge in [-0.1, -0.05) is 42.5 Å². The quantitative estimate of drug-likeness (QED) is 0.945. The number of carboxylic acid groups (broad SMARTS) is 1. The topological polar surface area (TPSA) is 57.6 Å². The highest BCUT2D eigenvalue weighted by Crippen LogP contribution is 2.26. The lowest BCUT2D eigenvalue weighted by molar-refractivity contribution is -0.152. The summed E-state index contributed by atoms with van der Waals surface area (Å²) >= 11 is 0. The highest BCUT2D eigenvalue weighted by Gasteiger charge is 2.34. The number of piperidine rings is 1. The zero-order valence-corrected chi connectivity index (χ0v) is 13.2. The molecular weight excluding hydrogens is 290 g/mol. The third kappa shape index (κ3) is 3.07. The molecule has 1 saturated heterocycles. The van der Waals surface area contributed by atoms with Crippen LogP contribution in [0.25, 0.3) is 10.8 Å². The van der Waals surface area contributed by atoms with Crippen molar-refractivity contribution in [1.29, 1.82) is 0 Å². The molecule has 1 amide bonds. The molecule has 1 aliphatic rings. The Labute approximate surface area is 135 Å². The summed E-state index contributed by atoms with van der Waals surface area (Å²) in [5.41, 5.74) is 0.934. The van der Waals surface area contributed by atoms with Crippen LogP contribution in [0.1, 0.15) is 37.7 Å². The van der Waals surface area contributed by atoms with Gasteiger partial charge in [0, 0.05) is 6.54 Å². The first-order valence-corrected chi connectivity index (χ1v) is 8.10. The molecule has 2 aromatic carbocycles. The molecule has 3 rings (SSSR count). The molecule has 23 heavy (non-hydrogen) atoms. The van der Waals surface area contributed by atoms with Gasteiger partial charge in [-0.05, 0) is 42.5 Å². The van der Waals surface area contributed by atoms with Crippen LogP contribution in [-0.4, -0.2) is 34.5 Å². The van der Waals surface area contributed by atoms with Gasteiger partial charge in [0.25, 0.3) is 0 Å². The van der Waals surface area contributed by atoms with Gasteiger partial charge in [0.15, 0.2) is 0 Å². The SMILES string of the molecule is CC(C(=O)N1CCCCC1C(=O)O)c1ccc2ccccc2c1. The Kier molecular flexibility index (Phi) is 4.33. The van der Waals surface area contributed by atoms with Crippen LogP contribution in [-0.2, 0) is 9.59 Å². The number of nitrogens with zero attached hydrogens (tertiary/aromatic N) is 1. The summed E-state index contributed by atoms with van der Waals surface area (Å²) in [7, 11) is 0. The normalized spacial score (nSPS) is 19.5. The number of rotatable bonds is 3. The summed E-state index contributed by atoms with van der Waals surface area (Å²) in [5.74, 6) is -1.32. The van der Waals surface area contributed by atoms with Crippen LogP contribution in [0.3, 0.4) is 0 Å². The molecule has 1 fully saturated rings. The predicted octanol–water partition coefficient (Wildman–Crippen LogP) is 3.41. The van der Waals surface area contributed by atoms with Crippen molar-refractivity contribution in [2.45, 2.75) is 38.1 Å². The predicted molar refractivity (Wildman–Crippen MR) is 89.4 cm³/mol. The van der Waals surface area contributed by atoms with E-state index in [4.69, 9.17) is 0 Å². The van der Waals surface area contributed by atoms with Crippen LogP contribution in [0.15, 0.2) is 42.5 Å². The lowest BCUT2D eigenvalue weighted by atomic mass is 9.94. The van der Waals surface area contributed by atoms with E-state index in [9.17, 15) is 14.7 Å². The summed E-state index contributed by atoms with van der Waals surface area (Å²) in [4.78, 5) is 25.8. The van der Waals surface area contributed by atoms with Gasteiger partial charge in [-0.25, -0.2) is 4.79 Å². The summed E-state index contributed by atoms with van der Waals surface area (Å²) in [6.07, 6.45) is 2.29. The molecule has 1 aliphatic heterocycles. The first-order valence-electron chi connectivity index (χ1n) is 8.10. The fourth-order valence-corrected chi connectivity index (χ4v) is 3.32. The fourth-order valence-electron chi connectivity index (χ4n) is 3.32. The zero-order chi connectivity index (χ0) is 16.4. The molecular formula is C19H21NO3. The van der Waals surface area contributed by atoms with Crippen LogP contribution in [0.4, 0.5) is 0 Å². The van der Waals surface area contributed by atoms with E-state index in [0.29, 0.717) is 13.0 Å². The number of likely N-dealkylation sites (tertiary alicyclic amines) is 1. The maximum atomic E-state index is 12.8. The van der Waals surface area contributed by atoms with Crippen LogP contribution in [0.2, 0.25) is 0 Å². The van der Waals surface area contributed by atoms with Crippen molar-refractivity contribution in [3.05, 3.63) is 48.0 Å². The van der Waals surface area contributed by atoms with Gasteiger partial charge < -0.3 is 10.0 Å². The first-order chi connectivity index (χ1) is 11.1. The fraction of sp³-hybridized carbons (Fsp3) is 0.368. The van der Waals surface area contributed by atoms with Crippen molar-refractivity contribution in [3.8, 4) is 0 Å². The minimum atomic E-state index is -0.899. The van der Waals surface area contributed by atoms with Gasteiger partial charge >= 0.3 is 5.97 Å². The van der Waals surface area contributed by atoms with Gasteiger partial charge in [0.1, 0.15) is 6.04 Å². The van der Waals surface area contributed by atoms with Crippen molar-refractivity contribution in [3.63, 3.8) is 0 Å². The van der Waals surface area contributed by atoms with E-state index < -0.39 is 12.0 Å². The van der Waals surface area contributed by atoms with Gasteiger partial charge in [0.2, 0.25) is 5.91 Å². The van der Waals surface area contributed by atoms with E-state index in [1.807, 2.05) is 49.4 Å². The summed E-state index contributed by atoms with van der Waals surface area (Å²) < 4.78 is 0. The number of hydrogen-bond acceptors (Lipinski definition) is 2. The van der Waals surface area contributed by atoms with E-state index in [-0.39, 0.29) is 11.8 Å². The Morgan fingerprint density at radius 3 is 2.61 bits per heavy atom. The molecule has 2 aromatic rings. The average molecular weight is 311 g/mol. The van der Waals surface area contributed by atoms with E-state index in [0.717, 1.165) is 29.2 Å². The molecule has 0 bridgehead atoms. The number of aliphatic carboxylic acids is 1. The molecule has 1 heterocycles. The zero-order valence-electron chi connectivity index (χ0n) is 13.2. The van der Waals surface area contributed by atoms with Crippen LogP contribution >= 0.6 is 0 Å². The standard InChI is InChI=1S/C19H21NO3/c1-13(15-10-9-14-6-2-3-7-16(14)12-15)18(21)20-11-5-4-8-17(20)19(22)23/h2-3,6-7,9-10,12-13,17H,4-5,8,11H2,1H3,(H,22,23). The minimum absolute atomic E-state index is 0.0904. The molecule has 0 saturated carbocycles. The molecule has 0 aromatic heterocycles. The van der Waals surface area contributed by atoms with E-state index in [2.05, 4.69) is 0 Å². The first kappa shape index (κ1) is 15.5. The molecule has 120 valence electrons. The molecule has 4 heteroatoms. The van der Waals surface area contributed by atoms with Crippen molar-refractivity contribution >= 4 is 22.6 Å². The minimum Gasteiger partial charge on any atom is -0.480 e. The van der Waals surface area contributed by atoms with Crippen molar-refractivity contribution in [2.75, 3.05) is 6.54 Å². The van der Waals surface area contributed by atoms with Crippen molar-refractivity contribution < 1.29 is 14.7 Å². The third-order valence-electron chi connectivity index (χ3n) is 4.71. The molecule has 1 N–H and O–H groups in total. The average Bonchev–Trinajstić information content (AvgIpc) is 2.60. The smallest absolute Gasteiger partial charge is 0.326 e. The van der Waals surface area contributed by atoms with Crippen LogP contribution in [0, 0.1) is 0 Å². The molecule has 0 spiro atoms. The summed E-state index contributed by atoms with van der Waals surface area (Å²) in [6.45, 7) is 2.40. The number of carbonyl (C=O) groups excluding carboxylic acids is 1. The molecule has 2 atom stereocenters. The number of benzene rings is 2. The highest BCUT2D eigenvalue weighted by atomic mass is 16.4. The third-order valence-corrected chi connectivity index (χ3v) is 4.71. The second kappa shape index (κ2) is 6.41. The Morgan fingerprint density at radius 2 is 1.87 bits per heavy atom. The van der Waals surface area contributed by atoms with Crippen LogP contribution in [0.5, 0.6) is 0 Å². The van der Waals surface area contributed by atoms with E-state index in [1.165, 1.54) is 0 Å². The van der Waals surface area contributed by atoms with Crippen molar-refractivity contribution in [1.82, 2.24) is 4.90 Å². The Hall–Kier alpha value is -2.36. The van der Waals surface area contributed by atoms with Crippen LogP contribution < -0.4 is 0 Å². The maximum absolute atomic E-state index is 12.8. The number of fused-ring (bicyclic) bond motifs is 1. The maximum Gasteiger partial charge on any atom is 0.326 e. The van der Waals surface area contributed by atoms with E-state index >= 15 is 0 Å². The lowest BCUT2D eigenvalue weighted by Gasteiger charge is -2.34. The molecule has 0 aliphatic carbocycles. The monoisotopic (exact) mass is 311 g/mol. The number of hydrogen-bond donors (Lipinski definition) is 1. The van der Waals surface area contributed by atoms with E-state index in [1.54, 1.807) is 4.90 Å². The molecule has 4 nitrogen and oxygen atoms in total. The largest absolute Gasteiger partial charge is 0.480 e. The number of amides is 1. The highest BCUT2D eigenvalue weighted by molar-refractivity contribution is 5.90. The number of carboxylic acids is 1. The molecule has 0 radical (unpaired) electrons. The second-order valence-electron chi connectivity index (χ2n) is 6.21. The Balaban J connectivity index is 1.86. The Bertz CT molecular complexity index is 740. The summed E-state index contributed by atoms with van der Waals surface area (Å²) in [6, 6.07) is 13.3. The lowest BCUT2D eigenvalue weighted by Crippen LogP contribution is -2.49. The van der Waals surface area contributed by atoms with Gasteiger partial charge in [-0.15, -0.1) is 0 Å². The van der Waals surface area contributed by atoms with Crippen molar-refractivity contribution in [2.24, 2.45) is 0 Å². The number of carbonyl (C=O) groups is 2. The van der Waals surface area contributed by atoms with Gasteiger partial charge in [0.05, 0.1) is 5.92 Å². The Morgan fingerprint density at radius 1 is 1.13 bits per heavy atom. The van der Waals surface area contributed by atoms with Gasteiger partial charge in [-0.3, -0.25) is 4.79 Å². The second-order valence-corrected chi connectivity index (χ2v) is 6.21. The molecule has 2 unspecified atom stereocenters.